The van der Waals surface area contributed by atoms with Crippen molar-refractivity contribution in [3.63, 3.8) is 0 Å². The first-order chi connectivity index (χ1) is 29.5. The van der Waals surface area contributed by atoms with E-state index in [1.54, 1.807) is 34.6 Å². The van der Waals surface area contributed by atoms with E-state index in [-0.39, 0.29) is 22.9 Å². The summed E-state index contributed by atoms with van der Waals surface area (Å²) in [7, 11) is 3.16. The molecule has 2 aliphatic heterocycles. The monoisotopic (exact) mass is 847 g/mol. The number of benzene rings is 2. The van der Waals surface area contributed by atoms with Gasteiger partial charge in [-0.15, -0.1) is 11.3 Å². The lowest BCUT2D eigenvalue weighted by atomic mass is 10.0. The lowest BCUT2D eigenvalue weighted by Gasteiger charge is -2.32. The summed E-state index contributed by atoms with van der Waals surface area (Å²) in [5.74, 6) is 0.345. The number of aromatic nitrogens is 3. The Morgan fingerprint density at radius 2 is 1.26 bits per heavy atom. The molecule has 322 valence electrons. The Hall–Kier alpha value is -5.45. The van der Waals surface area contributed by atoms with Crippen molar-refractivity contribution in [3.05, 3.63) is 121 Å². The van der Waals surface area contributed by atoms with Gasteiger partial charge in [0, 0.05) is 87.9 Å². The Morgan fingerprint density at radius 1 is 0.738 bits per heavy atom. The molecular weight excluding hydrogens is 791 g/mol. The van der Waals surface area contributed by atoms with Gasteiger partial charge in [0.2, 0.25) is 0 Å². The first-order valence-corrected chi connectivity index (χ1v) is 22.0. The van der Waals surface area contributed by atoms with Crippen LogP contribution in [0.2, 0.25) is 0 Å². The number of nitrogens with one attached hydrogen (secondary N) is 3. The third kappa shape index (κ3) is 10.5. The quantitative estimate of drug-likeness (QED) is 0.135. The van der Waals surface area contributed by atoms with E-state index in [0.717, 1.165) is 114 Å². The minimum absolute atomic E-state index is 0.134. The number of hydrogen-bond donors (Lipinski definition) is 4. The SMILES string of the molecule is CNC(=O)c1cc(=O)n(CCN2CCC(N)CC2)c2cc(C)ccc12.CNC(=O)c1cc(=O)n(CCN2CCC(NCc3cc(-c4cccs4)on3)CC2)c2cc(C)ccc12. The summed E-state index contributed by atoms with van der Waals surface area (Å²) in [5.41, 5.74) is 11.2. The number of nitrogens with zero attached hydrogens (tertiary/aromatic N) is 5. The Labute approximate surface area is 359 Å². The summed E-state index contributed by atoms with van der Waals surface area (Å²) < 4.78 is 9.06. The number of carbonyl (C=O) groups excluding carboxylic acids is 2. The number of aryl methyl sites for hydroxylation is 2. The average Bonchev–Trinajstić information content (AvgIpc) is 3.99. The van der Waals surface area contributed by atoms with Crippen molar-refractivity contribution in [2.24, 2.45) is 5.73 Å². The van der Waals surface area contributed by atoms with E-state index in [1.165, 1.54) is 12.1 Å². The van der Waals surface area contributed by atoms with Gasteiger partial charge in [0.25, 0.3) is 22.9 Å². The highest BCUT2D eigenvalue weighted by molar-refractivity contribution is 7.13. The first kappa shape index (κ1) is 43.6. The Kier molecular flexibility index (Phi) is 14.3. The van der Waals surface area contributed by atoms with Crippen LogP contribution in [0.1, 0.15) is 63.2 Å². The zero-order valence-corrected chi connectivity index (χ0v) is 36.4. The molecule has 5 N–H and O–H groups in total. The van der Waals surface area contributed by atoms with Crippen molar-refractivity contribution >= 4 is 45.0 Å². The van der Waals surface area contributed by atoms with Crippen molar-refractivity contribution in [2.45, 2.75) is 71.2 Å². The molecule has 2 aromatic carbocycles. The number of piperidine rings is 2. The van der Waals surface area contributed by atoms with Gasteiger partial charge >= 0.3 is 0 Å². The first-order valence-electron chi connectivity index (χ1n) is 21.2. The van der Waals surface area contributed by atoms with Crippen LogP contribution in [0, 0.1) is 13.8 Å². The molecule has 0 spiro atoms. The van der Waals surface area contributed by atoms with Gasteiger partial charge in [-0.3, -0.25) is 19.2 Å². The molecule has 15 heteroatoms. The van der Waals surface area contributed by atoms with Crippen LogP contribution in [-0.4, -0.2) is 101 Å². The van der Waals surface area contributed by atoms with E-state index < -0.39 is 0 Å². The number of amides is 2. The summed E-state index contributed by atoms with van der Waals surface area (Å²) >= 11 is 1.64. The Morgan fingerprint density at radius 3 is 1.75 bits per heavy atom. The second-order valence-corrected chi connectivity index (χ2v) is 17.1. The Bertz CT molecular complexity index is 2580. The molecule has 0 radical (unpaired) electrons. The van der Waals surface area contributed by atoms with Gasteiger partial charge in [-0.05, 0) is 100 Å². The third-order valence-electron chi connectivity index (χ3n) is 11.9. The highest BCUT2D eigenvalue weighted by Crippen LogP contribution is 2.26. The van der Waals surface area contributed by atoms with E-state index in [0.29, 0.717) is 42.8 Å². The second kappa shape index (κ2) is 19.9. The van der Waals surface area contributed by atoms with E-state index in [4.69, 9.17) is 10.3 Å². The normalized spacial score (nSPS) is 15.5. The topological polar surface area (TPSA) is 173 Å². The van der Waals surface area contributed by atoms with Gasteiger partial charge < -0.3 is 45.1 Å². The molecule has 6 aromatic rings. The number of thiophene rings is 1. The van der Waals surface area contributed by atoms with Crippen LogP contribution in [-0.2, 0) is 19.6 Å². The standard InChI is InChI=1S/C27H31N5O3S.C19H26N4O2/c1-18-5-6-21-22(27(34)28-2)16-26(33)32(23(21)14-18)12-11-31-9-7-19(8-10-31)29-17-20-15-24(35-30-20)25-4-3-13-36-25;1-13-3-4-15-16(19(25)21-2)12-18(24)23(17(15)11-13)10-9-22-7-5-14(20)6-8-22/h3-6,13-16,19,29H,7-12,17H2,1-2H3,(H,28,34);3-4,11-12,14H,5-10,20H2,1-2H3,(H,21,25). The molecule has 0 atom stereocenters. The maximum Gasteiger partial charge on any atom is 0.251 e. The summed E-state index contributed by atoms with van der Waals surface area (Å²) in [6.07, 6.45) is 4.09. The molecule has 14 nitrogen and oxygen atoms in total. The lowest BCUT2D eigenvalue weighted by Crippen LogP contribution is -2.43. The maximum absolute atomic E-state index is 12.9. The molecule has 4 aromatic heterocycles. The predicted molar refractivity (Wildman–Crippen MR) is 242 cm³/mol. The second-order valence-electron chi connectivity index (χ2n) is 16.1. The summed E-state index contributed by atoms with van der Waals surface area (Å²) in [5, 5.41) is 16.7. The van der Waals surface area contributed by atoms with Crippen LogP contribution in [0.4, 0.5) is 0 Å². The third-order valence-corrected chi connectivity index (χ3v) is 12.8. The van der Waals surface area contributed by atoms with Crippen LogP contribution in [0.25, 0.3) is 32.4 Å². The summed E-state index contributed by atoms with van der Waals surface area (Å²) in [6.45, 7) is 11.4. The van der Waals surface area contributed by atoms with Gasteiger partial charge in [-0.25, -0.2) is 0 Å². The molecule has 0 bridgehead atoms. The minimum Gasteiger partial charge on any atom is -0.355 e. The highest BCUT2D eigenvalue weighted by Gasteiger charge is 2.22. The number of fused-ring (bicyclic) bond motifs is 2. The van der Waals surface area contributed by atoms with Crippen LogP contribution >= 0.6 is 11.3 Å². The fourth-order valence-electron chi connectivity index (χ4n) is 8.29. The number of nitrogens with two attached hydrogens (primary N) is 1. The summed E-state index contributed by atoms with van der Waals surface area (Å²) in [4.78, 5) is 55.9. The molecule has 2 aliphatic rings. The highest BCUT2D eigenvalue weighted by atomic mass is 32.1. The zero-order valence-electron chi connectivity index (χ0n) is 35.5. The van der Waals surface area contributed by atoms with Gasteiger partial charge in [-0.1, -0.05) is 35.5 Å². The van der Waals surface area contributed by atoms with E-state index in [2.05, 4.69) is 30.9 Å². The zero-order chi connectivity index (χ0) is 43.0. The summed E-state index contributed by atoms with van der Waals surface area (Å²) in [6, 6.07) is 21.5. The average molecular weight is 848 g/mol. The Balaban J connectivity index is 0.000000197. The molecule has 6 heterocycles. The molecule has 2 saturated heterocycles. The van der Waals surface area contributed by atoms with E-state index in [1.807, 2.05) is 73.8 Å². The van der Waals surface area contributed by atoms with Crippen LogP contribution in [0.15, 0.2) is 86.2 Å². The van der Waals surface area contributed by atoms with Gasteiger partial charge in [0.1, 0.15) is 0 Å². The number of carbonyl (C=O) groups is 2. The number of pyridine rings is 2. The van der Waals surface area contributed by atoms with E-state index >= 15 is 0 Å². The molecule has 0 aliphatic carbocycles. The molecule has 61 heavy (non-hydrogen) atoms. The van der Waals surface area contributed by atoms with Gasteiger partial charge in [0.15, 0.2) is 5.76 Å². The fraction of sp³-hybridized carbons (Fsp3) is 0.413. The smallest absolute Gasteiger partial charge is 0.251 e. The van der Waals surface area contributed by atoms with Crippen molar-refractivity contribution in [1.29, 1.82) is 0 Å². The number of hydrogen-bond acceptors (Lipinski definition) is 11. The van der Waals surface area contributed by atoms with E-state index in [9.17, 15) is 19.2 Å². The largest absolute Gasteiger partial charge is 0.355 e. The lowest BCUT2D eigenvalue weighted by molar-refractivity contribution is 0.0956. The van der Waals surface area contributed by atoms with Crippen LogP contribution < -0.4 is 32.8 Å². The maximum atomic E-state index is 12.9. The molecular formula is C46H57N9O5S. The van der Waals surface area contributed by atoms with Crippen molar-refractivity contribution in [3.8, 4) is 10.6 Å². The van der Waals surface area contributed by atoms with Crippen molar-refractivity contribution in [1.82, 2.24) is 40.0 Å². The van der Waals surface area contributed by atoms with Crippen LogP contribution in [0.5, 0.6) is 0 Å². The van der Waals surface area contributed by atoms with Crippen molar-refractivity contribution in [2.75, 3.05) is 53.4 Å². The predicted octanol–water partition coefficient (Wildman–Crippen LogP) is 4.73. The molecule has 2 amide bonds. The molecule has 2 fully saturated rings. The van der Waals surface area contributed by atoms with Crippen LogP contribution in [0.3, 0.4) is 0 Å². The van der Waals surface area contributed by atoms with Gasteiger partial charge in [-0.2, -0.15) is 0 Å². The number of likely N-dealkylation sites (tertiary alicyclic amines) is 2. The minimum atomic E-state index is -0.240. The molecule has 8 rings (SSSR count). The molecule has 0 unspecified atom stereocenters. The fourth-order valence-corrected chi connectivity index (χ4v) is 8.96. The van der Waals surface area contributed by atoms with Crippen molar-refractivity contribution < 1.29 is 14.1 Å². The number of rotatable bonds is 12. The molecule has 0 saturated carbocycles. The van der Waals surface area contributed by atoms with Gasteiger partial charge in [0.05, 0.1) is 32.7 Å².